The van der Waals surface area contributed by atoms with Crippen LogP contribution in [0.1, 0.15) is 20.3 Å². The van der Waals surface area contributed by atoms with E-state index in [9.17, 15) is 4.79 Å². The standard InChI is InChI=1S/C9H16N4O/c1-4-9(2,10)8(14)12-7-5-6-11-13(7)3/h5-6H,4,10H2,1-3H3,(H,12,14). The molecule has 3 N–H and O–H groups in total. The molecule has 0 aliphatic heterocycles. The molecule has 0 aromatic carbocycles. The normalized spacial score (nSPS) is 14.9. The molecule has 14 heavy (non-hydrogen) atoms. The molecule has 0 aliphatic rings. The first-order valence-electron chi connectivity index (χ1n) is 4.55. The molecule has 0 radical (unpaired) electrons. The molecule has 1 unspecified atom stereocenters. The van der Waals surface area contributed by atoms with Crippen LogP contribution in [0.4, 0.5) is 5.82 Å². The molecule has 1 aromatic heterocycles. The van der Waals surface area contributed by atoms with E-state index in [0.29, 0.717) is 12.2 Å². The van der Waals surface area contributed by atoms with Gasteiger partial charge in [-0.25, -0.2) is 0 Å². The molecular formula is C9H16N4O. The topological polar surface area (TPSA) is 72.9 Å². The van der Waals surface area contributed by atoms with Gasteiger partial charge in [0, 0.05) is 13.1 Å². The van der Waals surface area contributed by atoms with Gasteiger partial charge in [-0.3, -0.25) is 9.48 Å². The third-order valence-corrected chi connectivity index (χ3v) is 2.32. The van der Waals surface area contributed by atoms with Gasteiger partial charge in [0.1, 0.15) is 5.82 Å². The molecule has 0 spiro atoms. The van der Waals surface area contributed by atoms with E-state index in [0.717, 1.165) is 0 Å². The lowest BCUT2D eigenvalue weighted by atomic mass is 10.00. The number of nitrogens with zero attached hydrogens (tertiary/aromatic N) is 2. The number of amides is 1. The van der Waals surface area contributed by atoms with Gasteiger partial charge >= 0.3 is 0 Å². The zero-order valence-electron chi connectivity index (χ0n) is 8.74. The Hall–Kier alpha value is -1.36. The number of hydrogen-bond acceptors (Lipinski definition) is 3. The summed E-state index contributed by atoms with van der Waals surface area (Å²) >= 11 is 0. The maximum Gasteiger partial charge on any atom is 0.245 e. The first-order chi connectivity index (χ1) is 6.47. The highest BCUT2D eigenvalue weighted by atomic mass is 16.2. The van der Waals surface area contributed by atoms with E-state index < -0.39 is 5.54 Å². The number of hydrogen-bond donors (Lipinski definition) is 2. The van der Waals surface area contributed by atoms with Crippen LogP contribution in [0.3, 0.4) is 0 Å². The van der Waals surface area contributed by atoms with Crippen molar-refractivity contribution in [3.63, 3.8) is 0 Å². The zero-order valence-corrected chi connectivity index (χ0v) is 8.74. The Morgan fingerprint density at radius 3 is 2.86 bits per heavy atom. The van der Waals surface area contributed by atoms with Crippen LogP contribution in [0.2, 0.25) is 0 Å². The average Bonchev–Trinajstić information content (AvgIpc) is 2.52. The molecular weight excluding hydrogens is 180 g/mol. The predicted molar refractivity (Wildman–Crippen MR) is 54.7 cm³/mol. The maximum atomic E-state index is 11.6. The van der Waals surface area contributed by atoms with Crippen molar-refractivity contribution in [2.75, 3.05) is 5.32 Å². The van der Waals surface area contributed by atoms with Gasteiger partial charge in [-0.15, -0.1) is 0 Å². The van der Waals surface area contributed by atoms with Crippen molar-refractivity contribution in [2.45, 2.75) is 25.8 Å². The van der Waals surface area contributed by atoms with Gasteiger partial charge in [-0.1, -0.05) is 6.92 Å². The Morgan fingerprint density at radius 2 is 2.43 bits per heavy atom. The van der Waals surface area contributed by atoms with Crippen LogP contribution in [-0.2, 0) is 11.8 Å². The molecule has 1 aromatic rings. The fourth-order valence-electron chi connectivity index (χ4n) is 0.916. The molecule has 0 bridgehead atoms. The fourth-order valence-corrected chi connectivity index (χ4v) is 0.916. The molecule has 78 valence electrons. The first-order valence-corrected chi connectivity index (χ1v) is 4.55. The van der Waals surface area contributed by atoms with E-state index >= 15 is 0 Å². The Balaban J connectivity index is 2.71. The van der Waals surface area contributed by atoms with E-state index in [1.165, 1.54) is 0 Å². The fraction of sp³-hybridized carbons (Fsp3) is 0.556. The number of aromatic nitrogens is 2. The van der Waals surface area contributed by atoms with Crippen LogP contribution in [0, 0.1) is 0 Å². The van der Waals surface area contributed by atoms with Crippen LogP contribution in [0.15, 0.2) is 12.3 Å². The molecule has 0 saturated heterocycles. The lowest BCUT2D eigenvalue weighted by Crippen LogP contribution is -2.48. The average molecular weight is 196 g/mol. The Labute approximate surface area is 83.3 Å². The van der Waals surface area contributed by atoms with Crippen LogP contribution in [0.5, 0.6) is 0 Å². The van der Waals surface area contributed by atoms with Crippen LogP contribution < -0.4 is 11.1 Å². The monoisotopic (exact) mass is 196 g/mol. The van der Waals surface area contributed by atoms with Crippen LogP contribution >= 0.6 is 0 Å². The van der Waals surface area contributed by atoms with E-state index in [2.05, 4.69) is 10.4 Å². The first kappa shape index (κ1) is 10.7. The number of nitrogens with two attached hydrogens (primary N) is 1. The minimum atomic E-state index is -0.829. The Kier molecular flexibility index (Phi) is 2.90. The number of rotatable bonds is 3. The highest BCUT2D eigenvalue weighted by Gasteiger charge is 2.26. The summed E-state index contributed by atoms with van der Waals surface area (Å²) in [4.78, 5) is 11.6. The zero-order chi connectivity index (χ0) is 10.8. The van der Waals surface area contributed by atoms with Crippen molar-refractivity contribution in [2.24, 2.45) is 12.8 Å². The smallest absolute Gasteiger partial charge is 0.245 e. The lowest BCUT2D eigenvalue weighted by Gasteiger charge is -2.21. The molecule has 1 rings (SSSR count). The molecule has 0 fully saturated rings. The number of aryl methyl sites for hydroxylation is 1. The molecule has 0 saturated carbocycles. The van der Waals surface area contributed by atoms with Gasteiger partial charge in [-0.05, 0) is 13.3 Å². The Bertz CT molecular complexity index is 329. The molecule has 5 nitrogen and oxygen atoms in total. The van der Waals surface area contributed by atoms with Crippen molar-refractivity contribution in [3.8, 4) is 0 Å². The minimum absolute atomic E-state index is 0.191. The van der Waals surface area contributed by atoms with Gasteiger partial charge in [0.15, 0.2) is 0 Å². The van der Waals surface area contributed by atoms with Gasteiger partial charge in [0.2, 0.25) is 5.91 Å². The summed E-state index contributed by atoms with van der Waals surface area (Å²) in [6.45, 7) is 3.58. The second-order valence-electron chi connectivity index (χ2n) is 3.57. The van der Waals surface area contributed by atoms with Crippen LogP contribution in [-0.4, -0.2) is 21.2 Å². The number of nitrogens with one attached hydrogen (secondary N) is 1. The van der Waals surface area contributed by atoms with Crippen LogP contribution in [0.25, 0.3) is 0 Å². The van der Waals surface area contributed by atoms with Gasteiger partial charge < -0.3 is 11.1 Å². The molecule has 0 aliphatic carbocycles. The summed E-state index contributed by atoms with van der Waals surface area (Å²) in [5.74, 6) is 0.462. The molecule has 1 heterocycles. The Morgan fingerprint density at radius 1 is 1.79 bits per heavy atom. The second-order valence-corrected chi connectivity index (χ2v) is 3.57. The van der Waals surface area contributed by atoms with E-state index in [1.807, 2.05) is 6.92 Å². The van der Waals surface area contributed by atoms with Crippen molar-refractivity contribution in [1.29, 1.82) is 0 Å². The largest absolute Gasteiger partial charge is 0.318 e. The highest BCUT2D eigenvalue weighted by molar-refractivity contribution is 5.96. The number of anilines is 1. The van der Waals surface area contributed by atoms with E-state index in [-0.39, 0.29) is 5.91 Å². The van der Waals surface area contributed by atoms with Gasteiger partial charge in [0.25, 0.3) is 0 Å². The van der Waals surface area contributed by atoms with E-state index in [4.69, 9.17) is 5.73 Å². The highest BCUT2D eigenvalue weighted by Crippen LogP contribution is 2.10. The minimum Gasteiger partial charge on any atom is -0.318 e. The summed E-state index contributed by atoms with van der Waals surface area (Å²) in [6, 6.07) is 1.73. The van der Waals surface area contributed by atoms with Gasteiger partial charge in [-0.2, -0.15) is 5.10 Å². The third-order valence-electron chi connectivity index (χ3n) is 2.32. The van der Waals surface area contributed by atoms with Crippen molar-refractivity contribution in [1.82, 2.24) is 9.78 Å². The summed E-state index contributed by atoms with van der Waals surface area (Å²) in [5.41, 5.74) is 4.96. The molecule has 1 amide bonds. The number of carbonyl (C=O) groups is 1. The molecule has 1 atom stereocenters. The molecule has 5 heteroatoms. The van der Waals surface area contributed by atoms with Crippen molar-refractivity contribution in [3.05, 3.63) is 12.3 Å². The SMILES string of the molecule is CCC(C)(N)C(=O)Nc1ccnn1C. The second kappa shape index (κ2) is 3.79. The third kappa shape index (κ3) is 2.11. The lowest BCUT2D eigenvalue weighted by molar-refractivity contribution is -0.120. The summed E-state index contributed by atoms with van der Waals surface area (Å²) in [7, 11) is 1.76. The number of carbonyl (C=O) groups excluding carboxylic acids is 1. The quantitative estimate of drug-likeness (QED) is 0.738. The summed E-state index contributed by atoms with van der Waals surface area (Å²) in [6.07, 6.45) is 2.21. The maximum absolute atomic E-state index is 11.6. The predicted octanol–water partition coefficient (Wildman–Crippen LogP) is 0.486. The summed E-state index contributed by atoms with van der Waals surface area (Å²) in [5, 5.41) is 6.66. The summed E-state index contributed by atoms with van der Waals surface area (Å²) < 4.78 is 1.59. The van der Waals surface area contributed by atoms with Gasteiger partial charge in [0.05, 0.1) is 11.7 Å². The van der Waals surface area contributed by atoms with E-state index in [1.54, 1.807) is 30.9 Å². The van der Waals surface area contributed by atoms with Crippen molar-refractivity contribution >= 4 is 11.7 Å². The van der Waals surface area contributed by atoms with Crippen molar-refractivity contribution < 1.29 is 4.79 Å².